The summed E-state index contributed by atoms with van der Waals surface area (Å²) in [6, 6.07) is 15.3. The lowest BCUT2D eigenvalue weighted by Crippen LogP contribution is -2.40. The molecule has 1 fully saturated rings. The van der Waals surface area contributed by atoms with Crippen LogP contribution in [0.15, 0.2) is 54.7 Å². The van der Waals surface area contributed by atoms with Crippen molar-refractivity contribution in [2.24, 2.45) is 5.92 Å². The van der Waals surface area contributed by atoms with Crippen molar-refractivity contribution in [2.45, 2.75) is 18.9 Å². The Morgan fingerprint density at radius 3 is 2.67 bits per heavy atom. The highest BCUT2D eigenvalue weighted by atomic mass is 16.6. The Labute approximate surface area is 158 Å². The van der Waals surface area contributed by atoms with Gasteiger partial charge in [-0.15, -0.1) is 0 Å². The molecule has 0 aromatic heterocycles. The van der Waals surface area contributed by atoms with E-state index in [2.05, 4.69) is 0 Å². The first kappa shape index (κ1) is 17.6. The van der Waals surface area contributed by atoms with Gasteiger partial charge in [0.15, 0.2) is 11.5 Å². The van der Waals surface area contributed by atoms with E-state index >= 15 is 0 Å². The van der Waals surface area contributed by atoms with E-state index in [0.717, 1.165) is 12.0 Å². The van der Waals surface area contributed by atoms with Crippen LogP contribution >= 0.6 is 0 Å². The minimum absolute atomic E-state index is 0.0455. The second-order valence-corrected chi connectivity index (χ2v) is 6.85. The van der Waals surface area contributed by atoms with Crippen LogP contribution in [0.5, 0.6) is 11.5 Å². The first-order valence-corrected chi connectivity index (χ1v) is 9.34. The SMILES string of the molecule is O=C1C(C(O)c2ccc3c(c2)OCCO3)CCCN1/C=C/c1ccccc1. The van der Waals surface area contributed by atoms with Gasteiger partial charge < -0.3 is 19.5 Å². The molecule has 0 bridgehead atoms. The van der Waals surface area contributed by atoms with Crippen LogP contribution in [0.25, 0.3) is 6.08 Å². The van der Waals surface area contributed by atoms with Gasteiger partial charge in [-0.3, -0.25) is 4.79 Å². The van der Waals surface area contributed by atoms with Gasteiger partial charge in [-0.25, -0.2) is 0 Å². The first-order chi connectivity index (χ1) is 13.2. The lowest BCUT2D eigenvalue weighted by Gasteiger charge is -2.33. The fourth-order valence-electron chi connectivity index (χ4n) is 3.59. The maximum Gasteiger partial charge on any atom is 0.232 e. The lowest BCUT2D eigenvalue weighted by molar-refractivity contribution is -0.139. The van der Waals surface area contributed by atoms with Gasteiger partial charge >= 0.3 is 0 Å². The zero-order valence-corrected chi connectivity index (χ0v) is 15.1. The van der Waals surface area contributed by atoms with Crippen LogP contribution < -0.4 is 9.47 Å². The Balaban J connectivity index is 1.49. The standard InChI is InChI=1S/C22H23NO4/c24-21(17-8-9-19-20(15-17)27-14-13-26-19)18-7-4-11-23(22(18)25)12-10-16-5-2-1-3-6-16/h1-3,5-6,8-10,12,15,18,21,24H,4,7,11,13-14H2/b12-10+. The van der Waals surface area contributed by atoms with Gasteiger partial charge in [0.05, 0.1) is 12.0 Å². The van der Waals surface area contributed by atoms with E-state index in [1.54, 1.807) is 17.0 Å². The maximum absolute atomic E-state index is 12.9. The van der Waals surface area contributed by atoms with Crippen molar-refractivity contribution < 1.29 is 19.4 Å². The average molecular weight is 365 g/mol. The summed E-state index contributed by atoms with van der Waals surface area (Å²) in [6.07, 6.45) is 4.42. The second-order valence-electron chi connectivity index (χ2n) is 6.85. The quantitative estimate of drug-likeness (QED) is 0.902. The zero-order chi connectivity index (χ0) is 18.6. The largest absolute Gasteiger partial charge is 0.486 e. The summed E-state index contributed by atoms with van der Waals surface area (Å²) in [5, 5.41) is 10.9. The number of amides is 1. The highest BCUT2D eigenvalue weighted by Crippen LogP contribution is 2.37. The Morgan fingerprint density at radius 1 is 1.07 bits per heavy atom. The molecule has 2 heterocycles. The number of rotatable bonds is 4. The number of benzene rings is 2. The summed E-state index contributed by atoms with van der Waals surface area (Å²) >= 11 is 0. The van der Waals surface area contributed by atoms with Gasteiger partial charge in [-0.05, 0) is 42.2 Å². The Hall–Kier alpha value is -2.79. The van der Waals surface area contributed by atoms with Gasteiger partial charge in [-0.1, -0.05) is 36.4 Å². The fraction of sp³-hybridized carbons (Fsp3) is 0.318. The number of nitrogens with zero attached hydrogens (tertiary/aromatic N) is 1. The molecule has 0 radical (unpaired) electrons. The molecule has 27 heavy (non-hydrogen) atoms. The van der Waals surface area contributed by atoms with Gasteiger partial charge in [0, 0.05) is 12.7 Å². The topological polar surface area (TPSA) is 59.0 Å². The molecule has 0 aliphatic carbocycles. The Kier molecular flexibility index (Phi) is 5.12. The number of hydrogen-bond acceptors (Lipinski definition) is 4. The minimum Gasteiger partial charge on any atom is -0.486 e. The third-order valence-electron chi connectivity index (χ3n) is 5.05. The molecule has 1 saturated heterocycles. The van der Waals surface area contributed by atoms with E-state index in [9.17, 15) is 9.90 Å². The molecule has 1 N–H and O–H groups in total. The number of ether oxygens (including phenoxy) is 2. The zero-order valence-electron chi connectivity index (χ0n) is 15.1. The smallest absolute Gasteiger partial charge is 0.232 e. The summed E-state index contributed by atoms with van der Waals surface area (Å²) in [5.41, 5.74) is 1.73. The predicted molar refractivity (Wildman–Crippen MR) is 102 cm³/mol. The van der Waals surface area contributed by atoms with E-state index in [-0.39, 0.29) is 5.91 Å². The van der Waals surface area contributed by atoms with Crippen LogP contribution in [0.1, 0.15) is 30.1 Å². The van der Waals surface area contributed by atoms with Crippen molar-refractivity contribution in [2.75, 3.05) is 19.8 Å². The van der Waals surface area contributed by atoms with E-state index in [4.69, 9.17) is 9.47 Å². The average Bonchev–Trinajstić information content (AvgIpc) is 2.73. The third kappa shape index (κ3) is 3.83. The number of carbonyl (C=O) groups excluding carboxylic acids is 1. The predicted octanol–water partition coefficient (Wildman–Crippen LogP) is 3.40. The van der Waals surface area contributed by atoms with E-state index in [1.165, 1.54) is 0 Å². The minimum atomic E-state index is -0.860. The van der Waals surface area contributed by atoms with Crippen LogP contribution in [0.4, 0.5) is 0 Å². The summed E-state index contributed by atoms with van der Waals surface area (Å²) in [7, 11) is 0. The molecule has 2 aromatic rings. The summed E-state index contributed by atoms with van der Waals surface area (Å²) in [4.78, 5) is 14.6. The van der Waals surface area contributed by atoms with Crippen LogP contribution in [-0.4, -0.2) is 35.7 Å². The summed E-state index contributed by atoms with van der Waals surface area (Å²) < 4.78 is 11.1. The van der Waals surface area contributed by atoms with Crippen molar-refractivity contribution >= 4 is 12.0 Å². The number of likely N-dealkylation sites (tertiary alicyclic amines) is 1. The van der Waals surface area contributed by atoms with Gasteiger partial charge in [-0.2, -0.15) is 0 Å². The number of aliphatic hydroxyl groups is 1. The monoisotopic (exact) mass is 365 g/mol. The van der Waals surface area contributed by atoms with Crippen LogP contribution in [0, 0.1) is 5.92 Å². The number of hydrogen-bond donors (Lipinski definition) is 1. The Morgan fingerprint density at radius 2 is 1.85 bits per heavy atom. The van der Waals surface area contributed by atoms with Gasteiger partial charge in [0.1, 0.15) is 13.2 Å². The molecular formula is C22H23NO4. The van der Waals surface area contributed by atoms with Crippen LogP contribution in [-0.2, 0) is 4.79 Å². The Bertz CT molecular complexity index is 833. The molecule has 5 nitrogen and oxygen atoms in total. The number of fused-ring (bicyclic) bond motifs is 1. The van der Waals surface area contributed by atoms with E-state index in [1.807, 2.05) is 48.7 Å². The molecule has 2 aromatic carbocycles. The van der Waals surface area contributed by atoms with Crippen molar-refractivity contribution in [1.82, 2.24) is 4.90 Å². The van der Waals surface area contributed by atoms with Crippen LogP contribution in [0.2, 0.25) is 0 Å². The number of aliphatic hydroxyl groups excluding tert-OH is 1. The van der Waals surface area contributed by atoms with Gasteiger partial charge in [0.2, 0.25) is 5.91 Å². The molecule has 2 aliphatic rings. The number of carbonyl (C=O) groups is 1. The molecule has 140 valence electrons. The van der Waals surface area contributed by atoms with Gasteiger partial charge in [0.25, 0.3) is 0 Å². The van der Waals surface area contributed by atoms with Crippen molar-refractivity contribution in [3.63, 3.8) is 0 Å². The molecule has 2 unspecified atom stereocenters. The van der Waals surface area contributed by atoms with Crippen LogP contribution in [0.3, 0.4) is 0 Å². The molecular weight excluding hydrogens is 342 g/mol. The lowest BCUT2D eigenvalue weighted by atomic mass is 9.87. The molecule has 1 amide bonds. The fourth-order valence-corrected chi connectivity index (χ4v) is 3.59. The van der Waals surface area contributed by atoms with Crippen molar-refractivity contribution in [3.05, 3.63) is 65.9 Å². The number of piperidine rings is 1. The first-order valence-electron chi connectivity index (χ1n) is 9.34. The van der Waals surface area contributed by atoms with Crippen molar-refractivity contribution in [1.29, 1.82) is 0 Å². The molecule has 0 saturated carbocycles. The second kappa shape index (κ2) is 7.84. The molecule has 2 aliphatic heterocycles. The highest BCUT2D eigenvalue weighted by Gasteiger charge is 2.34. The molecule has 4 rings (SSSR count). The third-order valence-corrected chi connectivity index (χ3v) is 5.05. The normalized spacial score (nSPS) is 20.7. The molecule has 5 heteroatoms. The molecule has 0 spiro atoms. The van der Waals surface area contributed by atoms with Crippen molar-refractivity contribution in [3.8, 4) is 11.5 Å². The summed E-state index contributed by atoms with van der Waals surface area (Å²) in [6.45, 7) is 1.69. The van der Waals surface area contributed by atoms with E-state index in [0.29, 0.717) is 43.2 Å². The maximum atomic E-state index is 12.9. The highest BCUT2D eigenvalue weighted by molar-refractivity contribution is 5.82. The summed E-state index contributed by atoms with van der Waals surface area (Å²) in [5.74, 6) is 0.805. The van der Waals surface area contributed by atoms with E-state index < -0.39 is 12.0 Å². The molecule has 2 atom stereocenters.